The van der Waals surface area contributed by atoms with Gasteiger partial charge >= 0.3 is 12.4 Å². The molecule has 6 heteroatoms. The van der Waals surface area contributed by atoms with Crippen LogP contribution in [-0.4, -0.2) is 12.4 Å². The number of hydrogen-bond acceptors (Lipinski definition) is 0. The smallest absolute Gasteiger partial charge is 0.170 e. The Morgan fingerprint density at radius 2 is 1.64 bits per heavy atom. The maximum Gasteiger partial charge on any atom is 0.412 e. The molecular weight excluding hydrogens is 210 g/mol. The summed E-state index contributed by atoms with van der Waals surface area (Å²) >= 11 is 0. The van der Waals surface area contributed by atoms with Crippen LogP contribution in [0.1, 0.15) is 6.42 Å². The summed E-state index contributed by atoms with van der Waals surface area (Å²) in [6.45, 7) is 0. The second-order valence-electron chi connectivity index (χ2n) is 2.93. The van der Waals surface area contributed by atoms with E-state index in [1.807, 2.05) is 0 Å². The van der Waals surface area contributed by atoms with Gasteiger partial charge in [0.1, 0.15) is 0 Å². The van der Waals surface area contributed by atoms with Gasteiger partial charge in [-0.2, -0.15) is 26.3 Å². The fourth-order valence-electron chi connectivity index (χ4n) is 1.11. The van der Waals surface area contributed by atoms with Crippen molar-refractivity contribution in [2.24, 2.45) is 5.92 Å². The first kappa shape index (κ1) is 11.1. The Bertz CT molecular complexity index is 267. The number of allylic oxidation sites excluding steroid dienone is 4. The molecule has 14 heavy (non-hydrogen) atoms. The third-order valence-corrected chi connectivity index (χ3v) is 1.87. The highest BCUT2D eigenvalue weighted by Crippen LogP contribution is 2.39. The Labute approximate surface area is 75.9 Å². The van der Waals surface area contributed by atoms with Crippen molar-refractivity contribution in [3.05, 3.63) is 23.8 Å². The highest BCUT2D eigenvalue weighted by Gasteiger charge is 2.44. The molecule has 1 aliphatic rings. The molecule has 0 nitrogen and oxygen atoms in total. The van der Waals surface area contributed by atoms with Gasteiger partial charge in [-0.3, -0.25) is 0 Å². The molecule has 0 spiro atoms. The Morgan fingerprint density at radius 3 is 2.07 bits per heavy atom. The Hall–Kier alpha value is -0.940. The lowest BCUT2D eigenvalue weighted by Gasteiger charge is -2.22. The average molecular weight is 216 g/mol. The second kappa shape index (κ2) is 3.33. The van der Waals surface area contributed by atoms with Crippen LogP contribution < -0.4 is 0 Å². The minimum atomic E-state index is -4.67. The van der Waals surface area contributed by atoms with E-state index in [1.54, 1.807) is 0 Å². The van der Waals surface area contributed by atoms with Gasteiger partial charge in [0.2, 0.25) is 0 Å². The van der Waals surface area contributed by atoms with Crippen molar-refractivity contribution < 1.29 is 26.3 Å². The minimum Gasteiger partial charge on any atom is -0.170 e. The summed E-state index contributed by atoms with van der Waals surface area (Å²) in [5.74, 6) is -2.02. The molecule has 0 aromatic carbocycles. The van der Waals surface area contributed by atoms with Gasteiger partial charge in [0, 0.05) is 5.57 Å². The van der Waals surface area contributed by atoms with Crippen molar-refractivity contribution >= 4 is 0 Å². The molecular formula is C8H6F6. The van der Waals surface area contributed by atoms with Gasteiger partial charge in [0.25, 0.3) is 0 Å². The molecule has 0 bridgehead atoms. The first-order valence-corrected chi connectivity index (χ1v) is 3.72. The number of hydrogen-bond donors (Lipinski definition) is 0. The Balaban J connectivity index is 2.80. The van der Waals surface area contributed by atoms with E-state index in [9.17, 15) is 26.3 Å². The van der Waals surface area contributed by atoms with Crippen molar-refractivity contribution in [1.82, 2.24) is 0 Å². The summed E-state index contributed by atoms with van der Waals surface area (Å²) in [6, 6.07) is 0. The number of alkyl halides is 6. The van der Waals surface area contributed by atoms with Crippen molar-refractivity contribution in [1.29, 1.82) is 0 Å². The highest BCUT2D eigenvalue weighted by atomic mass is 19.4. The standard InChI is InChI=1S/C8H6F6/c9-7(10,11)5-2-1-3-6(4-5)8(12,13)14/h1-3,5H,4H2. The van der Waals surface area contributed by atoms with Gasteiger partial charge < -0.3 is 0 Å². The molecule has 0 radical (unpaired) electrons. The summed E-state index contributed by atoms with van der Waals surface area (Å²) in [6.07, 6.45) is -8.11. The summed E-state index contributed by atoms with van der Waals surface area (Å²) in [4.78, 5) is 0. The molecule has 0 heterocycles. The van der Waals surface area contributed by atoms with Crippen molar-refractivity contribution in [3.63, 3.8) is 0 Å². The van der Waals surface area contributed by atoms with E-state index in [2.05, 4.69) is 0 Å². The van der Waals surface area contributed by atoms with E-state index >= 15 is 0 Å². The first-order valence-electron chi connectivity index (χ1n) is 3.72. The number of rotatable bonds is 0. The summed E-state index contributed by atoms with van der Waals surface area (Å²) in [7, 11) is 0. The summed E-state index contributed by atoms with van der Waals surface area (Å²) in [5, 5.41) is 0. The Morgan fingerprint density at radius 1 is 1.07 bits per heavy atom. The van der Waals surface area contributed by atoms with Crippen LogP contribution in [0.3, 0.4) is 0 Å². The molecule has 0 saturated carbocycles. The van der Waals surface area contributed by atoms with Crippen LogP contribution in [0.15, 0.2) is 23.8 Å². The van der Waals surface area contributed by atoms with Gasteiger partial charge in [0.05, 0.1) is 5.92 Å². The van der Waals surface area contributed by atoms with Gasteiger partial charge in [-0.1, -0.05) is 18.2 Å². The molecule has 0 aliphatic heterocycles. The maximum atomic E-state index is 12.1. The van der Waals surface area contributed by atoms with Crippen LogP contribution in [0.25, 0.3) is 0 Å². The second-order valence-corrected chi connectivity index (χ2v) is 2.93. The van der Waals surface area contributed by atoms with Gasteiger partial charge in [-0.25, -0.2) is 0 Å². The lowest BCUT2D eigenvalue weighted by molar-refractivity contribution is -0.165. The monoisotopic (exact) mass is 216 g/mol. The molecule has 0 amide bonds. The zero-order valence-electron chi connectivity index (χ0n) is 6.78. The van der Waals surface area contributed by atoms with Gasteiger partial charge in [-0.15, -0.1) is 0 Å². The van der Waals surface area contributed by atoms with Crippen LogP contribution in [0.4, 0.5) is 26.3 Å². The molecule has 0 aromatic heterocycles. The molecule has 1 atom stereocenters. The third kappa shape index (κ3) is 2.52. The van der Waals surface area contributed by atoms with Crippen molar-refractivity contribution in [2.45, 2.75) is 18.8 Å². The predicted molar refractivity (Wildman–Crippen MR) is 37.4 cm³/mol. The molecule has 1 aliphatic carbocycles. The molecule has 0 aromatic rings. The van der Waals surface area contributed by atoms with E-state index in [0.29, 0.717) is 6.08 Å². The SMILES string of the molecule is FC(F)(F)C1=CC=CC(C(F)(F)F)C1. The van der Waals surface area contributed by atoms with E-state index in [-0.39, 0.29) is 0 Å². The Kier molecular flexibility index (Phi) is 2.65. The van der Waals surface area contributed by atoms with Crippen molar-refractivity contribution in [3.8, 4) is 0 Å². The molecule has 1 unspecified atom stereocenters. The summed E-state index contributed by atoms with van der Waals surface area (Å²) in [5.41, 5.74) is -1.14. The van der Waals surface area contributed by atoms with Gasteiger partial charge in [0.15, 0.2) is 0 Å². The highest BCUT2D eigenvalue weighted by molar-refractivity contribution is 5.24. The van der Waals surface area contributed by atoms with E-state index in [4.69, 9.17) is 0 Å². The van der Waals surface area contributed by atoms with Crippen LogP contribution in [-0.2, 0) is 0 Å². The predicted octanol–water partition coefficient (Wildman–Crippen LogP) is 3.61. The molecule has 0 saturated heterocycles. The van der Waals surface area contributed by atoms with E-state index in [0.717, 1.165) is 12.2 Å². The average Bonchev–Trinajstić information content (AvgIpc) is 2.01. The fourth-order valence-corrected chi connectivity index (χ4v) is 1.11. The normalized spacial score (nSPS) is 23.6. The first-order chi connectivity index (χ1) is 6.21. The van der Waals surface area contributed by atoms with Crippen molar-refractivity contribution in [2.75, 3.05) is 0 Å². The van der Waals surface area contributed by atoms with Gasteiger partial charge in [-0.05, 0) is 6.42 Å². The third-order valence-electron chi connectivity index (χ3n) is 1.87. The maximum absolute atomic E-state index is 12.1. The lowest BCUT2D eigenvalue weighted by atomic mass is 9.93. The van der Waals surface area contributed by atoms with Crippen LogP contribution in [0.2, 0.25) is 0 Å². The molecule has 1 rings (SSSR count). The number of halogens is 6. The van der Waals surface area contributed by atoms with Crippen LogP contribution >= 0.6 is 0 Å². The fraction of sp³-hybridized carbons (Fsp3) is 0.500. The van der Waals surface area contributed by atoms with Crippen LogP contribution in [0, 0.1) is 5.92 Å². The molecule has 0 fully saturated rings. The van der Waals surface area contributed by atoms with E-state index in [1.165, 1.54) is 0 Å². The summed E-state index contributed by atoms with van der Waals surface area (Å²) < 4.78 is 72.3. The zero-order chi connectivity index (χ0) is 11.0. The molecule has 0 N–H and O–H groups in total. The quantitative estimate of drug-likeness (QED) is 0.542. The zero-order valence-corrected chi connectivity index (χ0v) is 6.78. The topological polar surface area (TPSA) is 0 Å². The van der Waals surface area contributed by atoms with E-state index < -0.39 is 30.3 Å². The molecule has 80 valence electrons. The minimum absolute atomic E-state index is 0.669. The van der Waals surface area contributed by atoms with Crippen LogP contribution in [0.5, 0.6) is 0 Å². The largest absolute Gasteiger partial charge is 0.412 e. The lowest BCUT2D eigenvalue weighted by Crippen LogP contribution is -2.26.